The van der Waals surface area contributed by atoms with Gasteiger partial charge in [0.1, 0.15) is 0 Å². The molecule has 80 valence electrons. The van der Waals surface area contributed by atoms with Crippen molar-refractivity contribution >= 4 is 11.2 Å². The van der Waals surface area contributed by atoms with Gasteiger partial charge < -0.3 is 14.0 Å². The number of hydrogen-bond donors (Lipinski definition) is 0. The Kier molecular flexibility index (Phi) is 2.40. The van der Waals surface area contributed by atoms with Gasteiger partial charge in [0.15, 0.2) is 11.2 Å². The molecule has 6 heteroatoms. The largest absolute Gasteiger partial charge is 0.476 e. The van der Waals surface area contributed by atoms with Crippen LogP contribution in [0.2, 0.25) is 0 Å². The topological polar surface area (TPSA) is 62.1 Å². The van der Waals surface area contributed by atoms with Crippen molar-refractivity contribution in [3.63, 3.8) is 0 Å². The van der Waals surface area contributed by atoms with E-state index in [0.717, 1.165) is 5.52 Å². The Morgan fingerprint density at radius 1 is 1.40 bits per heavy atom. The molecule has 0 saturated heterocycles. The molecule has 0 amide bonds. The van der Waals surface area contributed by atoms with Crippen molar-refractivity contribution in [3.05, 3.63) is 6.33 Å². The van der Waals surface area contributed by atoms with Crippen LogP contribution in [-0.2, 0) is 7.05 Å². The van der Waals surface area contributed by atoms with Crippen LogP contribution in [0.1, 0.15) is 6.92 Å². The fraction of sp³-hybridized carbons (Fsp3) is 0.444. The molecule has 2 rings (SSSR count). The highest BCUT2D eigenvalue weighted by molar-refractivity contribution is 5.76. The summed E-state index contributed by atoms with van der Waals surface area (Å²) in [5.41, 5.74) is 1.35. The minimum Gasteiger partial charge on any atom is -0.476 e. The molecule has 15 heavy (non-hydrogen) atoms. The molecule has 6 nitrogen and oxygen atoms in total. The number of aryl methyl sites for hydroxylation is 1. The quantitative estimate of drug-likeness (QED) is 0.745. The van der Waals surface area contributed by atoms with Gasteiger partial charge in [0, 0.05) is 7.05 Å². The second kappa shape index (κ2) is 3.72. The molecule has 0 spiro atoms. The van der Waals surface area contributed by atoms with Crippen LogP contribution in [-0.4, -0.2) is 33.2 Å². The molecule has 0 fully saturated rings. The summed E-state index contributed by atoms with van der Waals surface area (Å²) in [6.07, 6.45) is 1.67. The maximum absolute atomic E-state index is 5.41. The number of methoxy groups -OCH3 is 1. The number of aromatic nitrogens is 4. The zero-order chi connectivity index (χ0) is 10.8. The third-order valence-electron chi connectivity index (χ3n) is 1.98. The lowest BCUT2D eigenvalue weighted by Gasteiger charge is -2.05. The van der Waals surface area contributed by atoms with E-state index in [1.807, 2.05) is 18.5 Å². The molecular weight excluding hydrogens is 196 g/mol. The highest BCUT2D eigenvalue weighted by Gasteiger charge is 2.12. The summed E-state index contributed by atoms with van der Waals surface area (Å²) < 4.78 is 12.2. The summed E-state index contributed by atoms with van der Waals surface area (Å²) in [4.78, 5) is 12.4. The van der Waals surface area contributed by atoms with Crippen LogP contribution in [0.15, 0.2) is 6.33 Å². The first-order valence-corrected chi connectivity index (χ1v) is 4.62. The number of hydrogen-bond acceptors (Lipinski definition) is 5. The molecule has 0 aliphatic rings. The van der Waals surface area contributed by atoms with E-state index in [0.29, 0.717) is 18.1 Å². The molecule has 2 aromatic heterocycles. The highest BCUT2D eigenvalue weighted by Crippen LogP contribution is 2.23. The van der Waals surface area contributed by atoms with Gasteiger partial charge in [-0.05, 0) is 6.92 Å². The van der Waals surface area contributed by atoms with Crippen molar-refractivity contribution < 1.29 is 9.47 Å². The van der Waals surface area contributed by atoms with Crippen LogP contribution < -0.4 is 9.47 Å². The van der Waals surface area contributed by atoms with Gasteiger partial charge in [0.2, 0.25) is 5.88 Å². The molecule has 0 atom stereocenters. The van der Waals surface area contributed by atoms with Gasteiger partial charge in [0.05, 0.1) is 20.0 Å². The zero-order valence-electron chi connectivity index (χ0n) is 8.89. The van der Waals surface area contributed by atoms with E-state index in [4.69, 9.17) is 9.47 Å². The van der Waals surface area contributed by atoms with Gasteiger partial charge in [-0.3, -0.25) is 0 Å². The normalized spacial score (nSPS) is 10.6. The van der Waals surface area contributed by atoms with E-state index in [2.05, 4.69) is 15.0 Å². The van der Waals surface area contributed by atoms with Crippen molar-refractivity contribution in [2.45, 2.75) is 6.92 Å². The van der Waals surface area contributed by atoms with Gasteiger partial charge >= 0.3 is 6.01 Å². The van der Waals surface area contributed by atoms with E-state index < -0.39 is 0 Å². The summed E-state index contributed by atoms with van der Waals surface area (Å²) in [5.74, 6) is 0.499. The van der Waals surface area contributed by atoms with Gasteiger partial charge in [0.25, 0.3) is 0 Å². The van der Waals surface area contributed by atoms with E-state index in [9.17, 15) is 0 Å². The second-order valence-electron chi connectivity index (χ2n) is 2.98. The van der Waals surface area contributed by atoms with Gasteiger partial charge in [-0.1, -0.05) is 0 Å². The SMILES string of the molecule is CCOc1nc(OC)nc2ncn(C)c12. The Labute approximate surface area is 86.9 Å². The fourth-order valence-electron chi connectivity index (χ4n) is 1.33. The molecule has 0 bridgehead atoms. The highest BCUT2D eigenvalue weighted by atomic mass is 16.5. The predicted octanol–water partition coefficient (Wildman–Crippen LogP) is 0.771. The van der Waals surface area contributed by atoms with Crippen LogP contribution in [0.4, 0.5) is 0 Å². The molecule has 0 aliphatic carbocycles. The number of fused-ring (bicyclic) bond motifs is 1. The van der Waals surface area contributed by atoms with Gasteiger partial charge in [-0.15, -0.1) is 0 Å². The fourth-order valence-corrected chi connectivity index (χ4v) is 1.33. The molecular formula is C9H12N4O2. The predicted molar refractivity (Wildman–Crippen MR) is 54.0 cm³/mol. The first-order valence-electron chi connectivity index (χ1n) is 4.62. The van der Waals surface area contributed by atoms with Crippen LogP contribution in [0.3, 0.4) is 0 Å². The number of imidazole rings is 1. The first kappa shape index (κ1) is 9.70. The summed E-state index contributed by atoms with van der Waals surface area (Å²) in [7, 11) is 3.38. The van der Waals surface area contributed by atoms with E-state index >= 15 is 0 Å². The maximum Gasteiger partial charge on any atom is 0.321 e. The lowest BCUT2D eigenvalue weighted by Crippen LogP contribution is -2.01. The summed E-state index contributed by atoms with van der Waals surface area (Å²) in [6, 6.07) is 0.268. The third-order valence-corrected chi connectivity index (χ3v) is 1.98. The molecule has 0 N–H and O–H groups in total. The van der Waals surface area contributed by atoms with Crippen LogP contribution in [0.5, 0.6) is 11.9 Å². The molecule has 0 unspecified atom stereocenters. The van der Waals surface area contributed by atoms with Crippen molar-refractivity contribution in [2.24, 2.45) is 7.05 Å². The smallest absolute Gasteiger partial charge is 0.321 e. The van der Waals surface area contributed by atoms with Crippen LogP contribution in [0.25, 0.3) is 11.2 Å². The van der Waals surface area contributed by atoms with E-state index in [-0.39, 0.29) is 6.01 Å². The van der Waals surface area contributed by atoms with Crippen molar-refractivity contribution in [1.82, 2.24) is 19.5 Å². The van der Waals surface area contributed by atoms with Gasteiger partial charge in [-0.2, -0.15) is 9.97 Å². The monoisotopic (exact) mass is 208 g/mol. The Hall–Kier alpha value is -1.85. The van der Waals surface area contributed by atoms with Crippen molar-refractivity contribution in [1.29, 1.82) is 0 Å². The maximum atomic E-state index is 5.41. The number of nitrogens with zero attached hydrogens (tertiary/aromatic N) is 4. The van der Waals surface area contributed by atoms with Crippen LogP contribution >= 0.6 is 0 Å². The third kappa shape index (κ3) is 1.58. The summed E-state index contributed by atoms with van der Waals surface area (Å²) in [6.45, 7) is 2.44. The second-order valence-corrected chi connectivity index (χ2v) is 2.98. The Morgan fingerprint density at radius 3 is 2.87 bits per heavy atom. The van der Waals surface area contributed by atoms with Crippen LogP contribution in [0, 0.1) is 0 Å². The standard InChI is InChI=1S/C9H12N4O2/c1-4-15-8-6-7(10-5-13(6)2)11-9(12-8)14-3/h5H,4H2,1-3H3. The minimum absolute atomic E-state index is 0.268. The number of rotatable bonds is 3. The van der Waals surface area contributed by atoms with Crippen molar-refractivity contribution in [2.75, 3.05) is 13.7 Å². The number of ether oxygens (including phenoxy) is 2. The molecule has 2 aromatic rings. The molecule has 0 saturated carbocycles. The lowest BCUT2D eigenvalue weighted by atomic mass is 10.5. The molecule has 0 aromatic carbocycles. The average Bonchev–Trinajstić information content (AvgIpc) is 2.61. The molecule has 2 heterocycles. The van der Waals surface area contributed by atoms with Gasteiger partial charge in [-0.25, -0.2) is 4.98 Å². The van der Waals surface area contributed by atoms with E-state index in [1.165, 1.54) is 7.11 Å². The lowest BCUT2D eigenvalue weighted by molar-refractivity contribution is 0.315. The van der Waals surface area contributed by atoms with Crippen molar-refractivity contribution in [3.8, 4) is 11.9 Å². The zero-order valence-corrected chi connectivity index (χ0v) is 8.89. The molecule has 0 aliphatic heterocycles. The average molecular weight is 208 g/mol. The molecule has 0 radical (unpaired) electrons. The Bertz CT molecular complexity index is 480. The van der Waals surface area contributed by atoms with E-state index in [1.54, 1.807) is 6.33 Å². The summed E-state index contributed by atoms with van der Waals surface area (Å²) >= 11 is 0. The summed E-state index contributed by atoms with van der Waals surface area (Å²) in [5, 5.41) is 0. The minimum atomic E-state index is 0.268. The Morgan fingerprint density at radius 2 is 2.20 bits per heavy atom. The first-order chi connectivity index (χ1) is 7.26. The Balaban J connectivity index is 2.66.